The lowest BCUT2D eigenvalue weighted by atomic mass is 10.4. The highest BCUT2D eigenvalue weighted by Gasteiger charge is 2.31. The highest BCUT2D eigenvalue weighted by Crippen LogP contribution is 2.31. The average Bonchev–Trinajstić information content (AvgIpc) is 3.13. The summed E-state index contributed by atoms with van der Waals surface area (Å²) in [5, 5.41) is 0.514. The van der Waals surface area contributed by atoms with E-state index in [2.05, 4.69) is 5.92 Å². The Kier molecular flexibility index (Phi) is 3.96. The molecule has 1 fully saturated rings. The Morgan fingerprint density at radius 1 is 1.33 bits per heavy atom. The molecule has 0 aromatic heterocycles. The second-order valence-corrected chi connectivity index (χ2v) is 6.77. The third-order valence-electron chi connectivity index (χ3n) is 2.88. The number of nitrogens with zero attached hydrogens (tertiary/aromatic N) is 1. The Labute approximate surface area is 113 Å². The maximum atomic E-state index is 12.4. The van der Waals surface area contributed by atoms with Gasteiger partial charge >= 0.3 is 0 Å². The van der Waals surface area contributed by atoms with Crippen LogP contribution in [-0.2, 0) is 10.0 Å². The monoisotopic (exact) mass is 283 g/mol. The molecule has 0 atom stereocenters. The standard InChI is InChI=1S/C13H14ClNO2S/c1-2-9-15(10-11-3-4-11)18(16,17)13-7-5-12(14)6-8-13/h1,5-8,11H,3-4,9-10H2. The van der Waals surface area contributed by atoms with Crippen LogP contribution in [0.1, 0.15) is 12.8 Å². The first-order chi connectivity index (χ1) is 8.54. The van der Waals surface area contributed by atoms with Crippen LogP contribution >= 0.6 is 11.6 Å². The summed E-state index contributed by atoms with van der Waals surface area (Å²) in [6.07, 6.45) is 7.41. The molecule has 96 valence electrons. The summed E-state index contributed by atoms with van der Waals surface area (Å²) in [5.74, 6) is 2.87. The molecule has 1 aliphatic carbocycles. The fourth-order valence-corrected chi connectivity index (χ4v) is 3.25. The van der Waals surface area contributed by atoms with Gasteiger partial charge in [0.05, 0.1) is 11.4 Å². The molecule has 1 aliphatic rings. The molecule has 0 radical (unpaired) electrons. The van der Waals surface area contributed by atoms with Gasteiger partial charge in [-0.15, -0.1) is 6.42 Å². The number of hydrogen-bond donors (Lipinski definition) is 0. The molecule has 1 aromatic rings. The molecule has 0 amide bonds. The van der Waals surface area contributed by atoms with E-state index in [1.54, 1.807) is 12.1 Å². The van der Waals surface area contributed by atoms with Crippen LogP contribution in [0.25, 0.3) is 0 Å². The van der Waals surface area contributed by atoms with Crippen molar-refractivity contribution in [1.82, 2.24) is 4.31 Å². The summed E-state index contributed by atoms with van der Waals surface area (Å²) in [4.78, 5) is 0.239. The molecule has 5 heteroatoms. The number of sulfonamides is 1. The van der Waals surface area contributed by atoms with Gasteiger partial charge in [0.1, 0.15) is 0 Å². The highest BCUT2D eigenvalue weighted by atomic mass is 35.5. The number of terminal acetylenes is 1. The average molecular weight is 284 g/mol. The topological polar surface area (TPSA) is 37.4 Å². The summed E-state index contributed by atoms with van der Waals surface area (Å²) < 4.78 is 26.1. The van der Waals surface area contributed by atoms with Gasteiger partial charge in [0, 0.05) is 11.6 Å². The minimum absolute atomic E-state index is 0.113. The second-order valence-electron chi connectivity index (χ2n) is 4.40. The number of hydrogen-bond acceptors (Lipinski definition) is 2. The Balaban J connectivity index is 2.26. The third-order valence-corrected chi connectivity index (χ3v) is 4.96. The third kappa shape index (κ3) is 3.05. The minimum atomic E-state index is -3.50. The van der Waals surface area contributed by atoms with E-state index in [-0.39, 0.29) is 11.4 Å². The van der Waals surface area contributed by atoms with Crippen molar-refractivity contribution in [2.24, 2.45) is 5.92 Å². The highest BCUT2D eigenvalue weighted by molar-refractivity contribution is 7.89. The van der Waals surface area contributed by atoms with Gasteiger partial charge in [-0.05, 0) is 43.0 Å². The van der Waals surface area contributed by atoms with E-state index in [0.29, 0.717) is 17.5 Å². The zero-order valence-electron chi connectivity index (χ0n) is 9.84. The molecule has 0 aliphatic heterocycles. The van der Waals surface area contributed by atoms with Gasteiger partial charge in [0.15, 0.2) is 0 Å². The Morgan fingerprint density at radius 2 is 1.94 bits per heavy atom. The number of rotatable bonds is 5. The number of halogens is 1. The van der Waals surface area contributed by atoms with Crippen LogP contribution in [0.3, 0.4) is 0 Å². The van der Waals surface area contributed by atoms with E-state index in [1.807, 2.05) is 0 Å². The van der Waals surface area contributed by atoms with E-state index in [9.17, 15) is 8.42 Å². The van der Waals surface area contributed by atoms with Crippen molar-refractivity contribution in [3.8, 4) is 12.3 Å². The van der Waals surface area contributed by atoms with Crippen molar-refractivity contribution < 1.29 is 8.42 Å². The minimum Gasteiger partial charge on any atom is -0.207 e. The summed E-state index contributed by atoms with van der Waals surface area (Å²) in [5.41, 5.74) is 0. The molecule has 0 saturated heterocycles. The Hall–Kier alpha value is -1.02. The predicted molar refractivity (Wildman–Crippen MR) is 71.8 cm³/mol. The zero-order chi connectivity index (χ0) is 13.2. The van der Waals surface area contributed by atoms with E-state index in [4.69, 9.17) is 18.0 Å². The van der Waals surface area contributed by atoms with E-state index < -0.39 is 10.0 Å². The lowest BCUT2D eigenvalue weighted by molar-refractivity contribution is 0.430. The molecule has 0 unspecified atom stereocenters. The fourth-order valence-electron chi connectivity index (χ4n) is 1.69. The van der Waals surface area contributed by atoms with Gasteiger partial charge in [-0.3, -0.25) is 0 Å². The van der Waals surface area contributed by atoms with Gasteiger partial charge < -0.3 is 0 Å². The Morgan fingerprint density at radius 3 is 2.44 bits per heavy atom. The fraction of sp³-hybridized carbons (Fsp3) is 0.385. The van der Waals surface area contributed by atoms with Crippen LogP contribution in [0.2, 0.25) is 5.02 Å². The lowest BCUT2D eigenvalue weighted by Crippen LogP contribution is -2.33. The molecule has 1 aromatic carbocycles. The maximum absolute atomic E-state index is 12.4. The van der Waals surface area contributed by atoms with Crippen LogP contribution in [0.15, 0.2) is 29.2 Å². The van der Waals surface area contributed by atoms with Gasteiger partial charge in [-0.2, -0.15) is 4.31 Å². The van der Waals surface area contributed by atoms with Crippen LogP contribution in [-0.4, -0.2) is 25.8 Å². The normalized spacial score (nSPS) is 15.6. The zero-order valence-corrected chi connectivity index (χ0v) is 11.4. The molecule has 0 N–H and O–H groups in total. The van der Waals surface area contributed by atoms with Crippen LogP contribution in [0.4, 0.5) is 0 Å². The van der Waals surface area contributed by atoms with Gasteiger partial charge in [-0.1, -0.05) is 17.5 Å². The van der Waals surface area contributed by atoms with Crippen molar-refractivity contribution in [3.63, 3.8) is 0 Å². The summed E-state index contributed by atoms with van der Waals surface area (Å²) >= 11 is 5.76. The summed E-state index contributed by atoms with van der Waals surface area (Å²) in [7, 11) is -3.50. The van der Waals surface area contributed by atoms with Crippen LogP contribution in [0, 0.1) is 18.3 Å². The first-order valence-electron chi connectivity index (χ1n) is 5.73. The molecule has 0 heterocycles. The van der Waals surface area contributed by atoms with Gasteiger partial charge in [0.25, 0.3) is 0 Å². The summed E-state index contributed by atoms with van der Waals surface area (Å²) in [6, 6.07) is 6.15. The molecule has 0 spiro atoms. The smallest absolute Gasteiger partial charge is 0.207 e. The van der Waals surface area contributed by atoms with E-state index >= 15 is 0 Å². The second kappa shape index (κ2) is 5.31. The lowest BCUT2D eigenvalue weighted by Gasteiger charge is -2.19. The Bertz CT molecular complexity index is 556. The van der Waals surface area contributed by atoms with Crippen LogP contribution < -0.4 is 0 Å². The quantitative estimate of drug-likeness (QED) is 0.778. The van der Waals surface area contributed by atoms with Crippen molar-refractivity contribution in [2.75, 3.05) is 13.1 Å². The molecule has 18 heavy (non-hydrogen) atoms. The van der Waals surface area contributed by atoms with Crippen molar-refractivity contribution in [2.45, 2.75) is 17.7 Å². The number of benzene rings is 1. The molecule has 3 nitrogen and oxygen atoms in total. The molecular weight excluding hydrogens is 270 g/mol. The SMILES string of the molecule is C#CCN(CC1CC1)S(=O)(=O)c1ccc(Cl)cc1. The van der Waals surface area contributed by atoms with Crippen LogP contribution in [0.5, 0.6) is 0 Å². The van der Waals surface area contributed by atoms with E-state index in [1.165, 1.54) is 16.4 Å². The van der Waals surface area contributed by atoms with Crippen molar-refractivity contribution in [1.29, 1.82) is 0 Å². The first-order valence-corrected chi connectivity index (χ1v) is 7.55. The van der Waals surface area contributed by atoms with E-state index in [0.717, 1.165) is 12.8 Å². The summed E-state index contributed by atoms with van der Waals surface area (Å²) in [6.45, 7) is 0.622. The molecule has 1 saturated carbocycles. The largest absolute Gasteiger partial charge is 0.243 e. The van der Waals surface area contributed by atoms with Gasteiger partial charge in [0.2, 0.25) is 10.0 Å². The van der Waals surface area contributed by atoms with Gasteiger partial charge in [-0.25, -0.2) is 8.42 Å². The maximum Gasteiger partial charge on any atom is 0.243 e. The predicted octanol–water partition coefficient (Wildman–Crippen LogP) is 2.37. The first kappa shape index (κ1) is 13.4. The molecule has 2 rings (SSSR count). The van der Waals surface area contributed by atoms with Crippen molar-refractivity contribution >= 4 is 21.6 Å². The molecule has 0 bridgehead atoms. The molecular formula is C13H14ClNO2S. The van der Waals surface area contributed by atoms with Crippen molar-refractivity contribution in [3.05, 3.63) is 29.3 Å².